The van der Waals surface area contributed by atoms with Gasteiger partial charge in [-0.2, -0.15) is 0 Å². The van der Waals surface area contributed by atoms with Crippen molar-refractivity contribution in [3.8, 4) is 5.75 Å². The van der Waals surface area contributed by atoms with E-state index in [2.05, 4.69) is 5.32 Å². The molecule has 0 aliphatic rings. The molecule has 0 spiro atoms. The molecule has 0 heterocycles. The van der Waals surface area contributed by atoms with Gasteiger partial charge in [0.1, 0.15) is 5.75 Å². The van der Waals surface area contributed by atoms with Crippen molar-refractivity contribution in [3.63, 3.8) is 0 Å². The summed E-state index contributed by atoms with van der Waals surface area (Å²) in [6.07, 6.45) is 0. The first-order chi connectivity index (χ1) is 10.5. The summed E-state index contributed by atoms with van der Waals surface area (Å²) in [7, 11) is 1.62. The standard InChI is InChI=1S/C16H15Cl2NO2S/c1-10(22-12-8-6-11(21-2)7-9-12)16(20)19-15-13(17)4-3-5-14(15)18/h3-10H,1-2H3,(H,19,20)/t10-/m0/s1. The van der Waals surface area contributed by atoms with E-state index in [-0.39, 0.29) is 11.2 Å². The van der Waals surface area contributed by atoms with Gasteiger partial charge >= 0.3 is 0 Å². The number of benzene rings is 2. The average molecular weight is 356 g/mol. The monoisotopic (exact) mass is 355 g/mol. The van der Waals surface area contributed by atoms with Crippen molar-refractivity contribution in [1.29, 1.82) is 0 Å². The molecule has 0 bridgehead atoms. The number of hydrogen-bond donors (Lipinski definition) is 1. The fourth-order valence-corrected chi connectivity index (χ4v) is 3.11. The molecule has 0 aromatic heterocycles. The van der Waals surface area contributed by atoms with Crippen molar-refractivity contribution in [1.82, 2.24) is 0 Å². The zero-order chi connectivity index (χ0) is 16.1. The van der Waals surface area contributed by atoms with Crippen LogP contribution in [0.1, 0.15) is 6.92 Å². The van der Waals surface area contributed by atoms with E-state index in [1.807, 2.05) is 31.2 Å². The van der Waals surface area contributed by atoms with Crippen LogP contribution in [0.15, 0.2) is 47.4 Å². The van der Waals surface area contributed by atoms with Gasteiger partial charge in [-0.3, -0.25) is 4.79 Å². The highest BCUT2D eigenvalue weighted by Gasteiger charge is 2.17. The first-order valence-corrected chi connectivity index (χ1v) is 8.20. The first-order valence-electron chi connectivity index (χ1n) is 6.57. The van der Waals surface area contributed by atoms with Crippen LogP contribution in [-0.4, -0.2) is 18.3 Å². The molecule has 2 rings (SSSR count). The van der Waals surface area contributed by atoms with E-state index >= 15 is 0 Å². The summed E-state index contributed by atoms with van der Waals surface area (Å²) >= 11 is 13.6. The highest BCUT2D eigenvalue weighted by molar-refractivity contribution is 8.00. The highest BCUT2D eigenvalue weighted by atomic mass is 35.5. The lowest BCUT2D eigenvalue weighted by Gasteiger charge is -2.14. The van der Waals surface area contributed by atoms with E-state index in [1.54, 1.807) is 25.3 Å². The van der Waals surface area contributed by atoms with E-state index < -0.39 is 0 Å². The summed E-state index contributed by atoms with van der Waals surface area (Å²) in [5, 5.41) is 3.32. The Kier molecular flexibility index (Phi) is 6.00. The maximum atomic E-state index is 12.3. The Morgan fingerprint density at radius 2 is 1.73 bits per heavy atom. The smallest absolute Gasteiger partial charge is 0.237 e. The molecule has 22 heavy (non-hydrogen) atoms. The highest BCUT2D eigenvalue weighted by Crippen LogP contribution is 2.31. The molecule has 3 nitrogen and oxygen atoms in total. The summed E-state index contributed by atoms with van der Waals surface area (Å²) in [4.78, 5) is 13.3. The molecule has 116 valence electrons. The van der Waals surface area contributed by atoms with Gasteiger partial charge in [-0.25, -0.2) is 0 Å². The van der Waals surface area contributed by atoms with Crippen LogP contribution in [0.25, 0.3) is 0 Å². The molecule has 2 aromatic carbocycles. The molecule has 0 unspecified atom stereocenters. The molecular formula is C16H15Cl2NO2S. The van der Waals surface area contributed by atoms with Crippen LogP contribution >= 0.6 is 35.0 Å². The fraction of sp³-hybridized carbons (Fsp3) is 0.188. The molecule has 2 aromatic rings. The van der Waals surface area contributed by atoms with Gasteiger partial charge in [0.05, 0.1) is 28.1 Å². The minimum Gasteiger partial charge on any atom is -0.497 e. The molecule has 0 aliphatic heterocycles. The van der Waals surface area contributed by atoms with Crippen molar-refractivity contribution in [3.05, 3.63) is 52.5 Å². The van der Waals surface area contributed by atoms with Crippen molar-refractivity contribution >= 4 is 46.6 Å². The number of thioether (sulfide) groups is 1. The Morgan fingerprint density at radius 3 is 2.27 bits per heavy atom. The zero-order valence-corrected chi connectivity index (χ0v) is 14.4. The molecule has 1 atom stereocenters. The number of nitrogens with one attached hydrogen (secondary N) is 1. The van der Waals surface area contributed by atoms with Crippen molar-refractivity contribution < 1.29 is 9.53 Å². The number of halogens is 2. The molecule has 0 saturated heterocycles. The van der Waals surface area contributed by atoms with Crippen LogP contribution < -0.4 is 10.1 Å². The van der Waals surface area contributed by atoms with Crippen LogP contribution in [0.3, 0.4) is 0 Å². The molecule has 0 aliphatic carbocycles. The second-order valence-corrected chi connectivity index (χ2v) is 6.75. The predicted octanol–water partition coefficient (Wildman–Crippen LogP) is 5.12. The number of amides is 1. The van der Waals surface area contributed by atoms with Crippen LogP contribution in [0.2, 0.25) is 10.0 Å². The normalized spacial score (nSPS) is 11.8. The Hall–Kier alpha value is -1.36. The van der Waals surface area contributed by atoms with Crippen LogP contribution in [0.4, 0.5) is 5.69 Å². The summed E-state index contributed by atoms with van der Waals surface area (Å²) in [6.45, 7) is 1.83. The van der Waals surface area contributed by atoms with Gasteiger partial charge in [-0.1, -0.05) is 29.3 Å². The first kappa shape index (κ1) is 17.0. The molecule has 1 amide bonds. The third-order valence-electron chi connectivity index (χ3n) is 2.95. The second kappa shape index (κ2) is 7.77. The Labute approximate surface area is 144 Å². The van der Waals surface area contributed by atoms with E-state index in [1.165, 1.54) is 11.8 Å². The molecule has 0 fully saturated rings. The SMILES string of the molecule is COc1ccc(S[C@@H](C)C(=O)Nc2c(Cl)cccc2Cl)cc1. The molecule has 0 radical (unpaired) electrons. The lowest BCUT2D eigenvalue weighted by atomic mass is 10.3. The summed E-state index contributed by atoms with van der Waals surface area (Å²) < 4.78 is 5.11. The van der Waals surface area contributed by atoms with Gasteiger partial charge in [0, 0.05) is 4.90 Å². The molecule has 1 N–H and O–H groups in total. The summed E-state index contributed by atoms with van der Waals surface area (Å²) in [5.74, 6) is 0.625. The van der Waals surface area contributed by atoms with E-state index in [0.717, 1.165) is 10.6 Å². The summed E-state index contributed by atoms with van der Waals surface area (Å²) in [6, 6.07) is 12.6. The van der Waals surface area contributed by atoms with Gasteiger partial charge in [-0.15, -0.1) is 11.8 Å². The van der Waals surface area contributed by atoms with Crippen LogP contribution in [-0.2, 0) is 4.79 Å². The predicted molar refractivity (Wildman–Crippen MR) is 93.4 cm³/mol. The van der Waals surface area contributed by atoms with E-state index in [9.17, 15) is 4.79 Å². The van der Waals surface area contributed by atoms with Crippen molar-refractivity contribution in [2.45, 2.75) is 17.1 Å². The zero-order valence-electron chi connectivity index (χ0n) is 12.1. The van der Waals surface area contributed by atoms with E-state index in [4.69, 9.17) is 27.9 Å². The fourth-order valence-electron chi connectivity index (χ4n) is 1.75. The molecular weight excluding hydrogens is 341 g/mol. The lowest BCUT2D eigenvalue weighted by molar-refractivity contribution is -0.115. The summed E-state index contributed by atoms with van der Waals surface area (Å²) in [5.41, 5.74) is 0.443. The maximum absolute atomic E-state index is 12.3. The van der Waals surface area contributed by atoms with Crippen LogP contribution in [0, 0.1) is 0 Å². The Balaban J connectivity index is 2.02. The maximum Gasteiger partial charge on any atom is 0.237 e. The third-order valence-corrected chi connectivity index (χ3v) is 4.69. The molecule has 6 heteroatoms. The number of carbonyl (C=O) groups excluding carboxylic acids is 1. The van der Waals surface area contributed by atoms with Crippen molar-refractivity contribution in [2.24, 2.45) is 0 Å². The molecule has 0 saturated carbocycles. The van der Waals surface area contributed by atoms with Gasteiger partial charge in [0.25, 0.3) is 0 Å². The van der Waals surface area contributed by atoms with Gasteiger partial charge in [0.2, 0.25) is 5.91 Å². The van der Waals surface area contributed by atoms with Crippen molar-refractivity contribution in [2.75, 3.05) is 12.4 Å². The number of carbonyl (C=O) groups is 1. The minimum absolute atomic E-state index is 0.157. The van der Waals surface area contributed by atoms with E-state index in [0.29, 0.717) is 15.7 Å². The van der Waals surface area contributed by atoms with Gasteiger partial charge < -0.3 is 10.1 Å². The average Bonchev–Trinajstić information content (AvgIpc) is 2.51. The Bertz CT molecular complexity index is 641. The van der Waals surface area contributed by atoms with Gasteiger partial charge in [0.15, 0.2) is 0 Å². The quantitative estimate of drug-likeness (QED) is 0.756. The number of anilines is 1. The largest absolute Gasteiger partial charge is 0.497 e. The number of hydrogen-bond acceptors (Lipinski definition) is 3. The third kappa shape index (κ3) is 4.32. The van der Waals surface area contributed by atoms with Crippen LogP contribution in [0.5, 0.6) is 5.75 Å². The topological polar surface area (TPSA) is 38.3 Å². The number of para-hydroxylation sites is 1. The number of ether oxygens (including phenoxy) is 1. The minimum atomic E-state index is -0.291. The lowest BCUT2D eigenvalue weighted by Crippen LogP contribution is -2.22. The number of methoxy groups -OCH3 is 1. The van der Waals surface area contributed by atoms with Gasteiger partial charge in [-0.05, 0) is 43.3 Å². The Morgan fingerprint density at radius 1 is 1.14 bits per heavy atom. The number of rotatable bonds is 5. The second-order valence-electron chi connectivity index (χ2n) is 4.52.